The lowest BCUT2D eigenvalue weighted by atomic mass is 10.1. The van der Waals surface area contributed by atoms with Crippen molar-refractivity contribution in [3.05, 3.63) is 102 Å². The predicted octanol–water partition coefficient (Wildman–Crippen LogP) is 4.17. The SMILES string of the molecule is CCN(Cc1ccc(C(=O)N(C)Cc2ccccc2)cc1)S(=O)(=O)c1ccccc1. The van der Waals surface area contributed by atoms with Crippen LogP contribution in [0.2, 0.25) is 0 Å². The smallest absolute Gasteiger partial charge is 0.253 e. The van der Waals surface area contributed by atoms with Crippen LogP contribution in [0.5, 0.6) is 0 Å². The number of carbonyl (C=O) groups is 1. The number of benzene rings is 3. The zero-order chi connectivity index (χ0) is 21.6. The number of hydrogen-bond acceptors (Lipinski definition) is 3. The van der Waals surface area contributed by atoms with Gasteiger partial charge < -0.3 is 4.90 Å². The molecule has 6 heteroatoms. The molecule has 1 amide bonds. The largest absolute Gasteiger partial charge is 0.337 e. The van der Waals surface area contributed by atoms with Crippen molar-refractivity contribution in [2.75, 3.05) is 13.6 Å². The number of carbonyl (C=O) groups excluding carboxylic acids is 1. The van der Waals surface area contributed by atoms with Crippen LogP contribution in [0.3, 0.4) is 0 Å². The van der Waals surface area contributed by atoms with Crippen molar-refractivity contribution in [2.45, 2.75) is 24.9 Å². The molecule has 0 spiro atoms. The molecule has 0 heterocycles. The highest BCUT2D eigenvalue weighted by atomic mass is 32.2. The highest BCUT2D eigenvalue weighted by molar-refractivity contribution is 7.89. The standard InChI is InChI=1S/C24H26N2O3S/c1-3-26(30(28,29)23-12-8-5-9-13-23)19-21-14-16-22(17-15-21)24(27)25(2)18-20-10-6-4-7-11-20/h4-17H,3,18-19H2,1-2H3. The molecular weight excluding hydrogens is 396 g/mol. The summed E-state index contributed by atoms with van der Waals surface area (Å²) in [6.07, 6.45) is 0. The minimum Gasteiger partial charge on any atom is -0.337 e. The van der Waals surface area contributed by atoms with E-state index in [9.17, 15) is 13.2 Å². The molecule has 0 bridgehead atoms. The van der Waals surface area contributed by atoms with E-state index in [1.165, 1.54) is 4.31 Å². The number of amides is 1. The van der Waals surface area contributed by atoms with Crippen molar-refractivity contribution in [3.63, 3.8) is 0 Å². The van der Waals surface area contributed by atoms with E-state index in [1.807, 2.05) is 49.4 Å². The first kappa shape index (κ1) is 21.7. The van der Waals surface area contributed by atoms with Gasteiger partial charge >= 0.3 is 0 Å². The summed E-state index contributed by atoms with van der Waals surface area (Å²) < 4.78 is 27.2. The number of sulfonamides is 1. The summed E-state index contributed by atoms with van der Waals surface area (Å²) in [5.41, 5.74) is 2.47. The topological polar surface area (TPSA) is 57.7 Å². The predicted molar refractivity (Wildman–Crippen MR) is 118 cm³/mol. The summed E-state index contributed by atoms with van der Waals surface area (Å²) in [5, 5.41) is 0. The first-order valence-electron chi connectivity index (χ1n) is 9.85. The lowest BCUT2D eigenvalue weighted by Crippen LogP contribution is -2.30. The van der Waals surface area contributed by atoms with Crippen LogP contribution in [0, 0.1) is 0 Å². The van der Waals surface area contributed by atoms with Gasteiger partial charge in [-0.15, -0.1) is 0 Å². The van der Waals surface area contributed by atoms with Gasteiger partial charge in [-0.05, 0) is 35.4 Å². The molecule has 0 saturated heterocycles. The molecule has 3 aromatic rings. The summed E-state index contributed by atoms with van der Waals surface area (Å²) >= 11 is 0. The summed E-state index contributed by atoms with van der Waals surface area (Å²) in [5.74, 6) is -0.0744. The quantitative estimate of drug-likeness (QED) is 0.547. The van der Waals surface area contributed by atoms with Gasteiger partial charge in [0.25, 0.3) is 5.91 Å². The molecule has 0 atom stereocenters. The first-order chi connectivity index (χ1) is 14.4. The highest BCUT2D eigenvalue weighted by Crippen LogP contribution is 2.18. The number of hydrogen-bond donors (Lipinski definition) is 0. The molecule has 3 aromatic carbocycles. The van der Waals surface area contributed by atoms with Crippen LogP contribution < -0.4 is 0 Å². The lowest BCUT2D eigenvalue weighted by Gasteiger charge is -2.21. The van der Waals surface area contributed by atoms with Gasteiger partial charge in [0.2, 0.25) is 10.0 Å². The van der Waals surface area contributed by atoms with Gasteiger partial charge in [-0.25, -0.2) is 8.42 Å². The monoisotopic (exact) mass is 422 g/mol. The fourth-order valence-electron chi connectivity index (χ4n) is 3.21. The molecule has 156 valence electrons. The average molecular weight is 423 g/mol. The van der Waals surface area contributed by atoms with E-state index < -0.39 is 10.0 Å². The van der Waals surface area contributed by atoms with Crippen LogP contribution in [0.15, 0.2) is 89.8 Å². The van der Waals surface area contributed by atoms with Gasteiger partial charge in [0.05, 0.1) is 4.90 Å². The van der Waals surface area contributed by atoms with Gasteiger partial charge in [0.15, 0.2) is 0 Å². The van der Waals surface area contributed by atoms with Crippen LogP contribution in [0.25, 0.3) is 0 Å². The normalized spacial score (nSPS) is 11.4. The molecule has 0 fully saturated rings. The Morgan fingerprint density at radius 3 is 1.87 bits per heavy atom. The average Bonchev–Trinajstić information content (AvgIpc) is 2.78. The van der Waals surface area contributed by atoms with E-state index in [4.69, 9.17) is 0 Å². The maximum absolute atomic E-state index is 12.9. The fraction of sp³-hybridized carbons (Fsp3) is 0.208. The second-order valence-electron chi connectivity index (χ2n) is 7.09. The van der Waals surface area contributed by atoms with Gasteiger partial charge in [-0.1, -0.05) is 67.6 Å². The van der Waals surface area contributed by atoms with Crippen LogP contribution in [0.4, 0.5) is 0 Å². The molecule has 0 unspecified atom stereocenters. The highest BCUT2D eigenvalue weighted by Gasteiger charge is 2.23. The Kier molecular flexibility index (Phi) is 7.03. The maximum atomic E-state index is 12.9. The summed E-state index contributed by atoms with van der Waals surface area (Å²) in [6.45, 7) is 2.96. The second kappa shape index (κ2) is 9.69. The van der Waals surface area contributed by atoms with E-state index in [0.29, 0.717) is 18.7 Å². The van der Waals surface area contributed by atoms with Crippen LogP contribution in [0.1, 0.15) is 28.4 Å². The Morgan fingerprint density at radius 1 is 0.767 bits per heavy atom. The van der Waals surface area contributed by atoms with E-state index >= 15 is 0 Å². The van der Waals surface area contributed by atoms with Gasteiger partial charge in [-0.3, -0.25) is 4.79 Å². The van der Waals surface area contributed by atoms with Crippen LogP contribution in [-0.2, 0) is 23.1 Å². The molecule has 30 heavy (non-hydrogen) atoms. The summed E-state index contributed by atoms with van der Waals surface area (Å²) in [7, 11) is -1.79. The van der Waals surface area contributed by atoms with Gasteiger partial charge in [0.1, 0.15) is 0 Å². The first-order valence-corrected chi connectivity index (χ1v) is 11.3. The Bertz CT molecular complexity index is 1070. The molecule has 0 aliphatic rings. The summed E-state index contributed by atoms with van der Waals surface area (Å²) in [4.78, 5) is 14.7. The Balaban J connectivity index is 1.69. The minimum atomic E-state index is -3.57. The zero-order valence-electron chi connectivity index (χ0n) is 17.2. The maximum Gasteiger partial charge on any atom is 0.253 e. The molecule has 3 rings (SSSR count). The third kappa shape index (κ3) is 5.14. The van der Waals surface area contributed by atoms with E-state index in [2.05, 4.69) is 0 Å². The third-order valence-electron chi connectivity index (χ3n) is 4.90. The lowest BCUT2D eigenvalue weighted by molar-refractivity contribution is 0.0785. The molecule has 0 aliphatic carbocycles. The molecule has 0 radical (unpaired) electrons. The van der Waals surface area contributed by atoms with Crippen molar-refractivity contribution in [1.29, 1.82) is 0 Å². The molecule has 0 aliphatic heterocycles. The Labute approximate surface area is 178 Å². The van der Waals surface area contributed by atoms with Crippen molar-refractivity contribution in [2.24, 2.45) is 0 Å². The van der Waals surface area contributed by atoms with Crippen molar-refractivity contribution in [3.8, 4) is 0 Å². The molecule has 0 aromatic heterocycles. The Hall–Kier alpha value is -2.96. The van der Waals surface area contributed by atoms with Gasteiger partial charge in [0, 0.05) is 32.2 Å². The minimum absolute atomic E-state index is 0.0744. The van der Waals surface area contributed by atoms with Crippen molar-refractivity contribution < 1.29 is 13.2 Å². The zero-order valence-corrected chi connectivity index (χ0v) is 18.0. The van der Waals surface area contributed by atoms with E-state index in [1.54, 1.807) is 54.4 Å². The Morgan fingerprint density at radius 2 is 1.30 bits per heavy atom. The number of nitrogens with zero attached hydrogens (tertiary/aromatic N) is 2. The van der Waals surface area contributed by atoms with Gasteiger partial charge in [-0.2, -0.15) is 4.31 Å². The van der Waals surface area contributed by atoms with Crippen LogP contribution >= 0.6 is 0 Å². The van der Waals surface area contributed by atoms with E-state index in [-0.39, 0.29) is 17.3 Å². The second-order valence-corrected chi connectivity index (χ2v) is 9.03. The van der Waals surface area contributed by atoms with E-state index in [0.717, 1.165) is 11.1 Å². The molecule has 0 saturated carbocycles. The summed E-state index contributed by atoms with van der Waals surface area (Å²) in [6, 6.07) is 25.4. The molecular formula is C24H26N2O3S. The van der Waals surface area contributed by atoms with Crippen LogP contribution in [-0.4, -0.2) is 37.1 Å². The fourth-order valence-corrected chi connectivity index (χ4v) is 4.67. The third-order valence-corrected chi connectivity index (χ3v) is 6.84. The molecule has 5 nitrogen and oxygen atoms in total. The molecule has 0 N–H and O–H groups in total. The number of rotatable bonds is 8. The van der Waals surface area contributed by atoms with Crippen molar-refractivity contribution >= 4 is 15.9 Å². The van der Waals surface area contributed by atoms with Crippen molar-refractivity contribution in [1.82, 2.24) is 9.21 Å².